The number of amides is 2. The van der Waals surface area contributed by atoms with Crippen LogP contribution in [0.3, 0.4) is 0 Å². The van der Waals surface area contributed by atoms with E-state index in [9.17, 15) is 9.59 Å². The SMILES string of the molecule is Cc1cccc(C(=O)NC(C(=O)NCCc2ccccc2)C(C)C)c1. The molecular formula is C21H26N2O2. The summed E-state index contributed by atoms with van der Waals surface area (Å²) in [5.41, 5.74) is 2.76. The predicted octanol–water partition coefficient (Wildman–Crippen LogP) is 3.11. The van der Waals surface area contributed by atoms with Crippen LogP contribution in [0.5, 0.6) is 0 Å². The highest BCUT2D eigenvalue weighted by atomic mass is 16.2. The fourth-order valence-electron chi connectivity index (χ4n) is 2.63. The second-order valence-electron chi connectivity index (χ2n) is 6.59. The van der Waals surface area contributed by atoms with Gasteiger partial charge in [-0.3, -0.25) is 9.59 Å². The number of rotatable bonds is 7. The van der Waals surface area contributed by atoms with Gasteiger partial charge < -0.3 is 10.6 Å². The summed E-state index contributed by atoms with van der Waals surface area (Å²) >= 11 is 0. The maximum absolute atomic E-state index is 12.5. The monoisotopic (exact) mass is 338 g/mol. The van der Waals surface area contributed by atoms with E-state index >= 15 is 0 Å². The minimum absolute atomic E-state index is 0.00508. The Morgan fingerprint density at radius 2 is 1.72 bits per heavy atom. The van der Waals surface area contributed by atoms with Crippen LogP contribution >= 0.6 is 0 Å². The summed E-state index contributed by atoms with van der Waals surface area (Å²) in [4.78, 5) is 24.9. The molecule has 0 aliphatic carbocycles. The highest BCUT2D eigenvalue weighted by molar-refractivity contribution is 5.97. The third kappa shape index (κ3) is 5.75. The molecule has 0 aliphatic heterocycles. The molecule has 0 aliphatic rings. The Hall–Kier alpha value is -2.62. The zero-order chi connectivity index (χ0) is 18.2. The zero-order valence-corrected chi connectivity index (χ0v) is 15.1. The van der Waals surface area contributed by atoms with Crippen molar-refractivity contribution in [2.45, 2.75) is 33.2 Å². The standard InChI is InChI=1S/C21H26N2O2/c1-15(2)19(23-20(24)18-11-7-8-16(3)14-18)21(25)22-13-12-17-9-5-4-6-10-17/h4-11,14-15,19H,12-13H2,1-3H3,(H,22,25)(H,23,24). The fourth-order valence-corrected chi connectivity index (χ4v) is 2.63. The Morgan fingerprint density at radius 3 is 2.36 bits per heavy atom. The normalized spacial score (nSPS) is 11.8. The average molecular weight is 338 g/mol. The van der Waals surface area contributed by atoms with Crippen molar-refractivity contribution in [3.8, 4) is 0 Å². The Labute approximate surface area is 149 Å². The molecule has 2 aromatic rings. The van der Waals surface area contributed by atoms with Crippen LogP contribution in [0.2, 0.25) is 0 Å². The van der Waals surface area contributed by atoms with Crippen LogP contribution in [0.15, 0.2) is 54.6 Å². The largest absolute Gasteiger partial charge is 0.354 e. The van der Waals surface area contributed by atoms with Gasteiger partial charge in [-0.05, 0) is 37.0 Å². The lowest BCUT2D eigenvalue weighted by atomic mass is 10.0. The van der Waals surface area contributed by atoms with Gasteiger partial charge in [0.05, 0.1) is 0 Å². The molecule has 1 unspecified atom stereocenters. The van der Waals surface area contributed by atoms with E-state index in [1.165, 1.54) is 5.56 Å². The molecule has 2 rings (SSSR count). The third-order valence-corrected chi connectivity index (χ3v) is 4.07. The summed E-state index contributed by atoms with van der Waals surface area (Å²) in [6, 6.07) is 16.8. The Balaban J connectivity index is 1.92. The zero-order valence-electron chi connectivity index (χ0n) is 15.1. The lowest BCUT2D eigenvalue weighted by Gasteiger charge is -2.22. The van der Waals surface area contributed by atoms with E-state index in [0.717, 1.165) is 12.0 Å². The molecule has 1 atom stereocenters. The van der Waals surface area contributed by atoms with E-state index in [1.54, 1.807) is 6.07 Å². The molecule has 0 bridgehead atoms. The fraction of sp³-hybridized carbons (Fsp3) is 0.333. The van der Waals surface area contributed by atoms with Gasteiger partial charge in [-0.15, -0.1) is 0 Å². The van der Waals surface area contributed by atoms with Gasteiger partial charge in [0.15, 0.2) is 0 Å². The minimum atomic E-state index is -0.552. The molecule has 2 aromatic carbocycles. The molecule has 0 fully saturated rings. The molecule has 132 valence electrons. The van der Waals surface area contributed by atoms with Crippen molar-refractivity contribution >= 4 is 11.8 Å². The van der Waals surface area contributed by atoms with Crippen LogP contribution in [-0.4, -0.2) is 24.4 Å². The first kappa shape index (κ1) is 18.7. The molecular weight excluding hydrogens is 312 g/mol. The summed E-state index contributed by atoms with van der Waals surface area (Å²) in [6.45, 7) is 6.34. The molecule has 2 amide bonds. The summed E-state index contributed by atoms with van der Waals surface area (Å²) < 4.78 is 0. The van der Waals surface area contributed by atoms with E-state index in [2.05, 4.69) is 10.6 Å². The van der Waals surface area contributed by atoms with Gasteiger partial charge in [0.25, 0.3) is 5.91 Å². The summed E-state index contributed by atoms with van der Waals surface area (Å²) in [7, 11) is 0. The van der Waals surface area contributed by atoms with E-state index < -0.39 is 6.04 Å². The first-order valence-electron chi connectivity index (χ1n) is 8.66. The number of aryl methyl sites for hydroxylation is 1. The molecule has 25 heavy (non-hydrogen) atoms. The number of nitrogens with one attached hydrogen (secondary N) is 2. The highest BCUT2D eigenvalue weighted by Gasteiger charge is 2.24. The Bertz CT molecular complexity index is 711. The quantitative estimate of drug-likeness (QED) is 0.815. The number of carbonyl (C=O) groups excluding carboxylic acids is 2. The summed E-state index contributed by atoms with van der Waals surface area (Å²) in [6.07, 6.45) is 0.767. The van der Waals surface area contributed by atoms with Crippen LogP contribution < -0.4 is 10.6 Å². The summed E-state index contributed by atoms with van der Waals surface area (Å²) in [5.74, 6) is -0.363. The lowest BCUT2D eigenvalue weighted by Crippen LogP contribution is -2.50. The predicted molar refractivity (Wildman–Crippen MR) is 100 cm³/mol. The van der Waals surface area contributed by atoms with Crippen molar-refractivity contribution in [1.82, 2.24) is 10.6 Å². The molecule has 0 heterocycles. The molecule has 0 saturated carbocycles. The van der Waals surface area contributed by atoms with Crippen molar-refractivity contribution in [3.63, 3.8) is 0 Å². The van der Waals surface area contributed by atoms with Crippen LogP contribution in [0.25, 0.3) is 0 Å². The molecule has 0 spiro atoms. The van der Waals surface area contributed by atoms with Crippen LogP contribution in [0.4, 0.5) is 0 Å². The van der Waals surface area contributed by atoms with Crippen LogP contribution in [0.1, 0.15) is 35.3 Å². The number of hydrogen-bond acceptors (Lipinski definition) is 2. The minimum Gasteiger partial charge on any atom is -0.354 e. The second kappa shape index (κ2) is 9.02. The van der Waals surface area contributed by atoms with Gasteiger partial charge in [-0.25, -0.2) is 0 Å². The molecule has 4 nitrogen and oxygen atoms in total. The Kier molecular flexibility index (Phi) is 6.75. The van der Waals surface area contributed by atoms with Crippen molar-refractivity contribution in [2.24, 2.45) is 5.92 Å². The first-order valence-corrected chi connectivity index (χ1v) is 8.66. The second-order valence-corrected chi connectivity index (χ2v) is 6.59. The molecule has 0 radical (unpaired) electrons. The smallest absolute Gasteiger partial charge is 0.251 e. The molecule has 0 saturated heterocycles. The van der Waals surface area contributed by atoms with E-state index in [1.807, 2.05) is 69.3 Å². The van der Waals surface area contributed by atoms with Gasteiger partial charge in [-0.2, -0.15) is 0 Å². The highest BCUT2D eigenvalue weighted by Crippen LogP contribution is 2.07. The number of benzene rings is 2. The number of carbonyl (C=O) groups is 2. The van der Waals surface area contributed by atoms with Gasteiger partial charge in [-0.1, -0.05) is 61.9 Å². The molecule has 2 N–H and O–H groups in total. The Morgan fingerprint density at radius 1 is 1.00 bits per heavy atom. The maximum atomic E-state index is 12.5. The van der Waals surface area contributed by atoms with Crippen molar-refractivity contribution in [1.29, 1.82) is 0 Å². The van der Waals surface area contributed by atoms with Gasteiger partial charge in [0.2, 0.25) is 5.91 Å². The van der Waals surface area contributed by atoms with Gasteiger partial charge in [0, 0.05) is 12.1 Å². The van der Waals surface area contributed by atoms with Gasteiger partial charge >= 0.3 is 0 Å². The van der Waals surface area contributed by atoms with E-state index in [4.69, 9.17) is 0 Å². The van der Waals surface area contributed by atoms with Crippen LogP contribution in [0, 0.1) is 12.8 Å². The van der Waals surface area contributed by atoms with Crippen molar-refractivity contribution in [3.05, 3.63) is 71.3 Å². The van der Waals surface area contributed by atoms with E-state index in [0.29, 0.717) is 12.1 Å². The first-order chi connectivity index (χ1) is 12.0. The maximum Gasteiger partial charge on any atom is 0.251 e. The average Bonchev–Trinajstić information content (AvgIpc) is 2.60. The van der Waals surface area contributed by atoms with Crippen molar-refractivity contribution in [2.75, 3.05) is 6.54 Å². The van der Waals surface area contributed by atoms with E-state index in [-0.39, 0.29) is 17.7 Å². The topological polar surface area (TPSA) is 58.2 Å². The number of hydrogen-bond donors (Lipinski definition) is 2. The molecule has 4 heteroatoms. The summed E-state index contributed by atoms with van der Waals surface area (Å²) in [5, 5.41) is 5.78. The molecule has 0 aromatic heterocycles. The van der Waals surface area contributed by atoms with Crippen molar-refractivity contribution < 1.29 is 9.59 Å². The lowest BCUT2D eigenvalue weighted by molar-refractivity contribution is -0.123. The van der Waals surface area contributed by atoms with Gasteiger partial charge in [0.1, 0.15) is 6.04 Å². The third-order valence-electron chi connectivity index (χ3n) is 4.07. The van der Waals surface area contributed by atoms with Crippen LogP contribution in [-0.2, 0) is 11.2 Å².